The van der Waals surface area contributed by atoms with E-state index in [9.17, 15) is 19.2 Å². The van der Waals surface area contributed by atoms with Crippen LogP contribution >= 0.6 is 0 Å². The first-order valence-corrected chi connectivity index (χ1v) is 4.71. The largest absolute Gasteiger partial charge is 0.480 e. The Morgan fingerprint density at radius 1 is 1.47 bits per heavy atom. The molecule has 9 nitrogen and oxygen atoms in total. The minimum Gasteiger partial charge on any atom is -0.480 e. The number of primary amides is 2. The van der Waals surface area contributed by atoms with Crippen molar-refractivity contribution in [1.29, 1.82) is 5.26 Å². The highest BCUT2D eigenvalue weighted by Gasteiger charge is 2.35. The smallest absolute Gasteiger partial charge is 0.323 e. The SMILES string of the molecule is [2H]C1=C(C(N)=O)/C(=C(/C#N)C(N)=O)N(CC(=O)O)C1=O. The molecule has 0 saturated heterocycles. The van der Waals surface area contributed by atoms with Gasteiger partial charge in [0.1, 0.15) is 18.2 Å². The van der Waals surface area contributed by atoms with Gasteiger partial charge in [-0.3, -0.25) is 24.1 Å². The van der Waals surface area contributed by atoms with Gasteiger partial charge >= 0.3 is 5.97 Å². The Labute approximate surface area is 107 Å². The number of carbonyl (C=O) groups excluding carboxylic acids is 3. The molecule has 1 rings (SSSR count). The minimum absolute atomic E-state index is 0.425. The van der Waals surface area contributed by atoms with Crippen molar-refractivity contribution in [3.63, 3.8) is 0 Å². The molecule has 9 heteroatoms. The van der Waals surface area contributed by atoms with Crippen molar-refractivity contribution in [2.24, 2.45) is 11.5 Å². The third kappa shape index (κ3) is 2.58. The normalized spacial score (nSPS) is 17.9. The van der Waals surface area contributed by atoms with Gasteiger partial charge in [0.2, 0.25) is 0 Å². The number of aliphatic carboxylic acids is 1. The van der Waals surface area contributed by atoms with Gasteiger partial charge in [-0.2, -0.15) is 5.26 Å². The van der Waals surface area contributed by atoms with Crippen molar-refractivity contribution in [1.82, 2.24) is 4.90 Å². The van der Waals surface area contributed by atoms with E-state index in [4.69, 9.17) is 23.2 Å². The molecule has 3 amide bonds. The number of rotatable bonds is 4. The number of nitriles is 1. The van der Waals surface area contributed by atoms with Gasteiger partial charge in [0.05, 0.1) is 12.6 Å². The fourth-order valence-corrected chi connectivity index (χ4v) is 1.42. The molecular weight excluding hydrogens is 256 g/mol. The topological polar surface area (TPSA) is 168 Å². The Bertz CT molecular complexity index is 643. The molecule has 1 heterocycles. The molecule has 0 unspecified atom stereocenters. The van der Waals surface area contributed by atoms with Crippen molar-refractivity contribution in [2.45, 2.75) is 0 Å². The van der Waals surface area contributed by atoms with Crippen molar-refractivity contribution in [3.05, 3.63) is 22.9 Å². The second kappa shape index (κ2) is 5.01. The van der Waals surface area contributed by atoms with E-state index in [0.29, 0.717) is 4.90 Å². The standard InChI is InChI=1S/C10H8N4O5/c11-2-5(10(13)19)8-4(9(12)18)1-6(15)14(8)3-7(16)17/h1H,3H2,(H2,12,18)(H2,13,19)(H,16,17)/b8-5+/i1D. The lowest BCUT2D eigenvalue weighted by molar-refractivity contribution is -0.141. The van der Waals surface area contributed by atoms with E-state index in [2.05, 4.69) is 0 Å². The predicted molar refractivity (Wildman–Crippen MR) is 58.5 cm³/mol. The van der Waals surface area contributed by atoms with Crippen molar-refractivity contribution in [3.8, 4) is 6.07 Å². The van der Waals surface area contributed by atoms with Crippen LogP contribution in [0.3, 0.4) is 0 Å². The molecule has 0 radical (unpaired) electrons. The molecule has 0 bridgehead atoms. The zero-order valence-corrected chi connectivity index (χ0v) is 9.34. The Balaban J connectivity index is 3.64. The zero-order chi connectivity index (χ0) is 15.6. The van der Waals surface area contributed by atoms with Crippen LogP contribution in [0.1, 0.15) is 1.37 Å². The lowest BCUT2D eigenvalue weighted by atomic mass is 10.1. The molecule has 1 aliphatic heterocycles. The highest BCUT2D eigenvalue weighted by Crippen LogP contribution is 2.26. The van der Waals surface area contributed by atoms with Gasteiger partial charge in [0.15, 0.2) is 0 Å². The fourth-order valence-electron chi connectivity index (χ4n) is 1.42. The predicted octanol–water partition coefficient (Wildman–Crippen LogP) is -2.41. The summed E-state index contributed by atoms with van der Waals surface area (Å²) in [7, 11) is 0. The third-order valence-corrected chi connectivity index (χ3v) is 2.12. The van der Waals surface area contributed by atoms with E-state index >= 15 is 0 Å². The maximum atomic E-state index is 11.7. The first kappa shape index (κ1) is 12.3. The van der Waals surface area contributed by atoms with Crippen LogP contribution in [0, 0.1) is 11.3 Å². The number of amides is 3. The number of hydrogen-bond acceptors (Lipinski definition) is 5. The van der Waals surface area contributed by atoms with Crippen LogP contribution in [0.15, 0.2) is 22.9 Å². The first-order chi connectivity index (χ1) is 9.22. The second-order valence-corrected chi connectivity index (χ2v) is 3.35. The number of nitrogens with zero attached hydrogens (tertiary/aromatic N) is 2. The average Bonchev–Trinajstić information content (AvgIpc) is 2.54. The molecule has 0 aliphatic carbocycles. The van der Waals surface area contributed by atoms with E-state index in [-0.39, 0.29) is 0 Å². The summed E-state index contributed by atoms with van der Waals surface area (Å²) in [6.45, 7) is -0.953. The number of carbonyl (C=O) groups is 4. The van der Waals surface area contributed by atoms with Gasteiger partial charge in [-0.05, 0) is 0 Å². The van der Waals surface area contributed by atoms with E-state index in [1.807, 2.05) is 0 Å². The van der Waals surface area contributed by atoms with E-state index < -0.39 is 53.1 Å². The lowest BCUT2D eigenvalue weighted by Gasteiger charge is -2.17. The Kier molecular flexibility index (Phi) is 3.24. The van der Waals surface area contributed by atoms with Crippen molar-refractivity contribution in [2.75, 3.05) is 6.54 Å². The minimum atomic E-state index is -1.48. The zero-order valence-electron chi connectivity index (χ0n) is 10.3. The van der Waals surface area contributed by atoms with Gasteiger partial charge < -0.3 is 16.6 Å². The summed E-state index contributed by atoms with van der Waals surface area (Å²) in [5, 5.41) is 17.6. The van der Waals surface area contributed by atoms with Gasteiger partial charge in [-0.25, -0.2) is 0 Å². The Morgan fingerprint density at radius 3 is 2.42 bits per heavy atom. The summed E-state index contributed by atoms with van der Waals surface area (Å²) in [5.74, 6) is -5.17. The summed E-state index contributed by atoms with van der Waals surface area (Å²) in [6, 6.07) is 0.465. The van der Waals surface area contributed by atoms with Crippen molar-refractivity contribution >= 4 is 23.7 Å². The molecule has 98 valence electrons. The third-order valence-electron chi connectivity index (χ3n) is 2.12. The Hall–Kier alpha value is -3.15. The fraction of sp³-hybridized carbons (Fsp3) is 0.100. The van der Waals surface area contributed by atoms with Crippen LogP contribution in [0.4, 0.5) is 0 Å². The van der Waals surface area contributed by atoms with Gasteiger partial charge in [0, 0.05) is 6.05 Å². The van der Waals surface area contributed by atoms with Gasteiger partial charge in [-0.1, -0.05) is 0 Å². The van der Waals surface area contributed by atoms with Crippen LogP contribution in [-0.2, 0) is 19.2 Å². The molecular formula is C10H8N4O5. The van der Waals surface area contributed by atoms with Crippen LogP contribution in [-0.4, -0.2) is 40.2 Å². The summed E-state index contributed by atoms with van der Waals surface area (Å²) in [6.07, 6.45) is 0. The molecule has 0 spiro atoms. The molecule has 0 aromatic heterocycles. The number of carboxylic acids is 1. The molecule has 0 aromatic carbocycles. The average molecular weight is 265 g/mol. The van der Waals surface area contributed by atoms with Crippen LogP contribution in [0.2, 0.25) is 0 Å². The lowest BCUT2D eigenvalue weighted by Crippen LogP contribution is -2.34. The number of nitrogens with two attached hydrogens (primary N) is 2. The molecule has 0 atom stereocenters. The number of carboxylic acid groups (broad SMARTS) is 1. The first-order valence-electron chi connectivity index (χ1n) is 5.21. The maximum Gasteiger partial charge on any atom is 0.323 e. The van der Waals surface area contributed by atoms with Crippen LogP contribution in [0.25, 0.3) is 0 Å². The quantitative estimate of drug-likeness (QED) is 0.377. The highest BCUT2D eigenvalue weighted by molar-refractivity contribution is 6.12. The van der Waals surface area contributed by atoms with Crippen LogP contribution in [0.5, 0.6) is 0 Å². The summed E-state index contributed by atoms with van der Waals surface area (Å²) in [4.78, 5) is 45.3. The van der Waals surface area contributed by atoms with E-state index in [1.54, 1.807) is 0 Å². The summed E-state index contributed by atoms with van der Waals surface area (Å²) < 4.78 is 7.44. The molecule has 5 N–H and O–H groups in total. The molecule has 1 aliphatic rings. The van der Waals surface area contributed by atoms with E-state index in [0.717, 1.165) is 0 Å². The maximum absolute atomic E-state index is 11.7. The monoisotopic (exact) mass is 265 g/mol. The highest BCUT2D eigenvalue weighted by atomic mass is 16.4. The van der Waals surface area contributed by atoms with Gasteiger partial charge in [-0.15, -0.1) is 0 Å². The van der Waals surface area contributed by atoms with Gasteiger partial charge in [0.25, 0.3) is 17.7 Å². The summed E-state index contributed by atoms with van der Waals surface area (Å²) >= 11 is 0. The number of hydrogen-bond donors (Lipinski definition) is 3. The van der Waals surface area contributed by atoms with Crippen molar-refractivity contribution < 1.29 is 25.7 Å². The second-order valence-electron chi connectivity index (χ2n) is 3.35. The summed E-state index contributed by atoms with van der Waals surface area (Å²) in [5.41, 5.74) is 7.73. The van der Waals surface area contributed by atoms with Crippen LogP contribution < -0.4 is 11.5 Å². The van der Waals surface area contributed by atoms with E-state index in [1.165, 1.54) is 6.07 Å². The molecule has 19 heavy (non-hydrogen) atoms. The Morgan fingerprint density at radius 2 is 2.05 bits per heavy atom. The molecule has 0 aromatic rings. The molecule has 0 saturated carbocycles. The molecule has 0 fully saturated rings.